The SMILES string of the molecule is Cc1ccc(Cl)cc1NC(=O)Cc1csc(NC(=O)c2cnccn2)n1. The summed E-state index contributed by atoms with van der Waals surface area (Å²) in [4.78, 5) is 36.2. The second kappa shape index (κ2) is 8.03. The second-order valence-corrected chi connectivity index (χ2v) is 6.67. The van der Waals surface area contributed by atoms with Gasteiger partial charge in [0.2, 0.25) is 5.91 Å². The van der Waals surface area contributed by atoms with Crippen LogP contribution in [0.15, 0.2) is 42.2 Å². The Morgan fingerprint density at radius 3 is 2.85 bits per heavy atom. The third kappa shape index (κ3) is 4.62. The topological polar surface area (TPSA) is 96.9 Å². The predicted molar refractivity (Wildman–Crippen MR) is 101 cm³/mol. The van der Waals surface area contributed by atoms with Gasteiger partial charge in [0, 0.05) is 28.5 Å². The summed E-state index contributed by atoms with van der Waals surface area (Å²) >= 11 is 7.19. The van der Waals surface area contributed by atoms with Crippen LogP contribution in [0.5, 0.6) is 0 Å². The molecule has 2 aromatic heterocycles. The zero-order valence-corrected chi connectivity index (χ0v) is 15.3. The Kier molecular flexibility index (Phi) is 5.55. The van der Waals surface area contributed by atoms with Crippen molar-refractivity contribution < 1.29 is 9.59 Å². The number of aryl methyl sites for hydroxylation is 1. The number of halogens is 1. The molecule has 0 aliphatic carbocycles. The molecule has 0 unspecified atom stereocenters. The summed E-state index contributed by atoms with van der Waals surface area (Å²) in [6.07, 6.45) is 4.37. The van der Waals surface area contributed by atoms with E-state index in [0.717, 1.165) is 5.56 Å². The van der Waals surface area contributed by atoms with E-state index in [2.05, 4.69) is 25.6 Å². The Labute approximate surface area is 158 Å². The van der Waals surface area contributed by atoms with Gasteiger partial charge in [-0.05, 0) is 24.6 Å². The van der Waals surface area contributed by atoms with Gasteiger partial charge in [-0.15, -0.1) is 11.3 Å². The molecule has 2 amide bonds. The molecule has 0 atom stereocenters. The summed E-state index contributed by atoms with van der Waals surface area (Å²) < 4.78 is 0. The maximum atomic E-state index is 12.2. The van der Waals surface area contributed by atoms with Crippen LogP contribution >= 0.6 is 22.9 Å². The number of benzene rings is 1. The monoisotopic (exact) mass is 387 g/mol. The van der Waals surface area contributed by atoms with Crippen molar-refractivity contribution in [2.45, 2.75) is 13.3 Å². The maximum Gasteiger partial charge on any atom is 0.277 e. The first kappa shape index (κ1) is 18.0. The van der Waals surface area contributed by atoms with E-state index in [4.69, 9.17) is 11.6 Å². The van der Waals surface area contributed by atoms with Gasteiger partial charge in [0.25, 0.3) is 5.91 Å². The van der Waals surface area contributed by atoms with Crippen molar-refractivity contribution in [2.75, 3.05) is 10.6 Å². The first-order valence-corrected chi connectivity index (χ1v) is 8.85. The zero-order valence-electron chi connectivity index (χ0n) is 13.7. The molecule has 7 nitrogen and oxygen atoms in total. The van der Waals surface area contributed by atoms with Crippen LogP contribution in [-0.2, 0) is 11.2 Å². The van der Waals surface area contributed by atoms with E-state index in [0.29, 0.717) is 21.5 Å². The number of hydrogen-bond acceptors (Lipinski definition) is 6. The van der Waals surface area contributed by atoms with Gasteiger partial charge in [-0.3, -0.25) is 19.9 Å². The minimum atomic E-state index is -0.405. The molecular formula is C17H14ClN5O2S. The largest absolute Gasteiger partial charge is 0.325 e. The van der Waals surface area contributed by atoms with E-state index in [1.807, 2.05) is 13.0 Å². The van der Waals surface area contributed by atoms with E-state index in [-0.39, 0.29) is 18.0 Å². The van der Waals surface area contributed by atoms with Crippen LogP contribution in [-0.4, -0.2) is 26.8 Å². The number of carbonyl (C=O) groups is 2. The number of nitrogens with one attached hydrogen (secondary N) is 2. The van der Waals surface area contributed by atoms with Crippen molar-refractivity contribution >= 4 is 45.6 Å². The molecule has 0 saturated carbocycles. The van der Waals surface area contributed by atoms with Crippen molar-refractivity contribution in [3.63, 3.8) is 0 Å². The predicted octanol–water partition coefficient (Wildman–Crippen LogP) is 3.33. The van der Waals surface area contributed by atoms with Crippen LogP contribution in [0.1, 0.15) is 21.7 Å². The summed E-state index contributed by atoms with van der Waals surface area (Å²) in [5, 5.41) is 8.11. The number of thiazole rings is 1. The highest BCUT2D eigenvalue weighted by Crippen LogP contribution is 2.21. The van der Waals surface area contributed by atoms with Crippen molar-refractivity contribution in [3.05, 3.63) is 64.1 Å². The molecular weight excluding hydrogens is 374 g/mol. The number of anilines is 2. The molecule has 0 radical (unpaired) electrons. The number of hydrogen-bond donors (Lipinski definition) is 2. The molecule has 0 fully saturated rings. The molecule has 0 aliphatic heterocycles. The van der Waals surface area contributed by atoms with Gasteiger partial charge < -0.3 is 5.32 Å². The third-order valence-corrected chi connectivity index (χ3v) is 4.43. The van der Waals surface area contributed by atoms with Gasteiger partial charge in [-0.2, -0.15) is 0 Å². The van der Waals surface area contributed by atoms with Crippen molar-refractivity contribution in [1.29, 1.82) is 0 Å². The highest BCUT2D eigenvalue weighted by Gasteiger charge is 2.13. The van der Waals surface area contributed by atoms with E-state index >= 15 is 0 Å². The molecule has 1 aromatic carbocycles. The first-order chi connectivity index (χ1) is 12.5. The Bertz CT molecular complexity index is 945. The fourth-order valence-electron chi connectivity index (χ4n) is 2.11. The quantitative estimate of drug-likeness (QED) is 0.699. The fraction of sp³-hybridized carbons (Fsp3) is 0.118. The van der Waals surface area contributed by atoms with Crippen LogP contribution in [0.4, 0.5) is 10.8 Å². The molecule has 0 bridgehead atoms. The molecule has 3 aromatic rings. The van der Waals surface area contributed by atoms with Gasteiger partial charge in [0.05, 0.1) is 18.3 Å². The lowest BCUT2D eigenvalue weighted by molar-refractivity contribution is -0.115. The summed E-state index contributed by atoms with van der Waals surface area (Å²) in [5.41, 5.74) is 2.33. The van der Waals surface area contributed by atoms with E-state index in [9.17, 15) is 9.59 Å². The summed E-state index contributed by atoms with van der Waals surface area (Å²) in [6.45, 7) is 1.88. The van der Waals surface area contributed by atoms with E-state index < -0.39 is 5.91 Å². The maximum absolute atomic E-state index is 12.2. The average Bonchev–Trinajstić information content (AvgIpc) is 3.05. The molecule has 26 heavy (non-hydrogen) atoms. The minimum Gasteiger partial charge on any atom is -0.325 e. The third-order valence-electron chi connectivity index (χ3n) is 3.38. The minimum absolute atomic E-state index is 0.0868. The second-order valence-electron chi connectivity index (χ2n) is 5.37. The van der Waals surface area contributed by atoms with Crippen LogP contribution in [0.3, 0.4) is 0 Å². The highest BCUT2D eigenvalue weighted by molar-refractivity contribution is 7.14. The molecule has 0 spiro atoms. The number of rotatable bonds is 5. The molecule has 2 heterocycles. The van der Waals surface area contributed by atoms with Gasteiger partial charge in [-0.1, -0.05) is 17.7 Å². The summed E-state index contributed by atoms with van der Waals surface area (Å²) in [5.74, 6) is -0.620. The lowest BCUT2D eigenvalue weighted by atomic mass is 10.2. The lowest BCUT2D eigenvalue weighted by Crippen LogP contribution is -2.16. The molecule has 132 valence electrons. The molecule has 2 N–H and O–H groups in total. The van der Waals surface area contributed by atoms with Gasteiger partial charge in [0.15, 0.2) is 5.13 Å². The van der Waals surface area contributed by atoms with Crippen LogP contribution in [0, 0.1) is 6.92 Å². The molecule has 0 saturated heterocycles. The van der Waals surface area contributed by atoms with E-state index in [1.54, 1.807) is 17.5 Å². The Balaban J connectivity index is 1.60. The average molecular weight is 388 g/mol. The number of aromatic nitrogens is 3. The highest BCUT2D eigenvalue weighted by atomic mass is 35.5. The standard InChI is InChI=1S/C17H14ClN5O2S/c1-10-2-3-11(18)6-13(10)22-15(24)7-12-9-26-17(21-12)23-16(25)14-8-19-4-5-20-14/h2-6,8-9H,7H2,1H3,(H,22,24)(H,21,23,25). The molecule has 3 rings (SSSR count). The van der Waals surface area contributed by atoms with Crippen molar-refractivity contribution in [3.8, 4) is 0 Å². The van der Waals surface area contributed by atoms with Crippen LogP contribution in [0.2, 0.25) is 5.02 Å². The fourth-order valence-corrected chi connectivity index (χ4v) is 2.99. The van der Waals surface area contributed by atoms with Crippen molar-refractivity contribution in [2.24, 2.45) is 0 Å². The Morgan fingerprint density at radius 1 is 1.23 bits per heavy atom. The summed E-state index contributed by atoms with van der Waals surface area (Å²) in [6, 6.07) is 5.29. The van der Waals surface area contributed by atoms with E-state index in [1.165, 1.54) is 29.9 Å². The molecule has 9 heteroatoms. The Hall–Kier alpha value is -2.84. The van der Waals surface area contributed by atoms with Gasteiger partial charge in [0.1, 0.15) is 5.69 Å². The zero-order chi connectivity index (χ0) is 18.5. The number of nitrogens with zero attached hydrogens (tertiary/aromatic N) is 3. The van der Waals surface area contributed by atoms with Crippen LogP contribution in [0.25, 0.3) is 0 Å². The Morgan fingerprint density at radius 2 is 2.08 bits per heavy atom. The normalized spacial score (nSPS) is 10.4. The van der Waals surface area contributed by atoms with Crippen molar-refractivity contribution in [1.82, 2.24) is 15.0 Å². The first-order valence-electron chi connectivity index (χ1n) is 7.59. The number of amides is 2. The van der Waals surface area contributed by atoms with Gasteiger partial charge >= 0.3 is 0 Å². The number of carbonyl (C=O) groups excluding carboxylic acids is 2. The smallest absolute Gasteiger partial charge is 0.277 e. The lowest BCUT2D eigenvalue weighted by Gasteiger charge is -2.08. The van der Waals surface area contributed by atoms with Gasteiger partial charge in [-0.25, -0.2) is 9.97 Å². The van der Waals surface area contributed by atoms with Crippen LogP contribution < -0.4 is 10.6 Å². The molecule has 0 aliphatic rings. The summed E-state index contributed by atoms with van der Waals surface area (Å²) in [7, 11) is 0.